The van der Waals surface area contributed by atoms with Crippen LogP contribution in [0.15, 0.2) is 68.1 Å². The number of benzene rings is 2. The molecule has 0 N–H and O–H groups in total. The molecule has 0 aromatic heterocycles. The standard InChI is InChI=1S/C14H13OS2/c1-2-15-17-13-9-5-3-7-11(13)16-12-8-4-6-10-14(12)17/h3-10H,2H2,1H3/q+1. The predicted octanol–water partition coefficient (Wildman–Crippen LogP) is 4.14. The van der Waals surface area contributed by atoms with Crippen molar-refractivity contribution in [3.63, 3.8) is 0 Å². The zero-order valence-electron chi connectivity index (χ0n) is 9.55. The van der Waals surface area contributed by atoms with Crippen LogP contribution in [0.4, 0.5) is 0 Å². The fourth-order valence-corrected chi connectivity index (χ4v) is 5.06. The van der Waals surface area contributed by atoms with Crippen LogP contribution in [-0.4, -0.2) is 6.61 Å². The Morgan fingerprint density at radius 2 is 1.47 bits per heavy atom. The molecule has 2 aromatic carbocycles. The smallest absolute Gasteiger partial charge is 0.162 e. The Morgan fingerprint density at radius 1 is 0.941 bits per heavy atom. The molecule has 3 rings (SSSR count). The van der Waals surface area contributed by atoms with Crippen molar-refractivity contribution in [2.75, 3.05) is 6.61 Å². The second-order valence-electron chi connectivity index (χ2n) is 3.67. The monoisotopic (exact) mass is 261 g/mol. The second kappa shape index (κ2) is 4.77. The van der Waals surface area contributed by atoms with E-state index in [0.29, 0.717) is 0 Å². The van der Waals surface area contributed by atoms with Gasteiger partial charge in [-0.2, -0.15) is 4.18 Å². The quantitative estimate of drug-likeness (QED) is 0.751. The molecule has 1 aliphatic rings. The largest absolute Gasteiger partial charge is 0.225 e. The third-order valence-corrected chi connectivity index (χ3v) is 5.95. The van der Waals surface area contributed by atoms with E-state index >= 15 is 0 Å². The normalized spacial score (nSPS) is 14.2. The zero-order chi connectivity index (χ0) is 11.7. The van der Waals surface area contributed by atoms with Gasteiger partial charge in [-0.05, 0) is 31.2 Å². The average molecular weight is 261 g/mol. The van der Waals surface area contributed by atoms with Crippen LogP contribution in [0.3, 0.4) is 0 Å². The van der Waals surface area contributed by atoms with Crippen LogP contribution in [0.25, 0.3) is 0 Å². The molecule has 2 aromatic rings. The summed E-state index contributed by atoms with van der Waals surface area (Å²) in [6.45, 7) is 2.80. The lowest BCUT2D eigenvalue weighted by Crippen LogP contribution is -2.13. The van der Waals surface area contributed by atoms with Crippen LogP contribution in [0.2, 0.25) is 0 Å². The van der Waals surface area contributed by atoms with E-state index < -0.39 is 0 Å². The third-order valence-electron chi connectivity index (χ3n) is 2.55. The van der Waals surface area contributed by atoms with Crippen molar-refractivity contribution in [2.24, 2.45) is 0 Å². The topological polar surface area (TPSA) is 9.23 Å². The Labute approximate surface area is 109 Å². The lowest BCUT2D eigenvalue weighted by Gasteiger charge is -2.16. The number of rotatable bonds is 2. The molecule has 0 saturated heterocycles. The second-order valence-corrected chi connectivity index (χ2v) is 6.41. The van der Waals surface area contributed by atoms with Gasteiger partial charge in [0.2, 0.25) is 21.0 Å². The van der Waals surface area contributed by atoms with Gasteiger partial charge in [-0.1, -0.05) is 36.0 Å². The van der Waals surface area contributed by atoms with Crippen molar-refractivity contribution in [3.8, 4) is 0 Å². The highest BCUT2D eigenvalue weighted by Crippen LogP contribution is 2.45. The van der Waals surface area contributed by atoms with Crippen LogP contribution < -0.4 is 0 Å². The first kappa shape index (κ1) is 11.2. The van der Waals surface area contributed by atoms with Gasteiger partial charge in [0.05, 0.1) is 9.79 Å². The summed E-state index contributed by atoms with van der Waals surface area (Å²) in [6, 6.07) is 17.1. The maximum absolute atomic E-state index is 5.95. The molecule has 3 heteroatoms. The SMILES string of the molecule is CCO[S+]1c2ccccc2Sc2ccccc21. The third kappa shape index (κ3) is 1.99. The molecule has 0 fully saturated rings. The van der Waals surface area contributed by atoms with Crippen LogP contribution in [0, 0.1) is 0 Å². The molecule has 1 heterocycles. The minimum atomic E-state index is -0.215. The molecule has 0 bridgehead atoms. The summed E-state index contributed by atoms with van der Waals surface area (Å²) in [6.07, 6.45) is 0. The molecule has 1 nitrogen and oxygen atoms in total. The Morgan fingerprint density at radius 3 is 2.00 bits per heavy atom. The number of hydrogen-bond donors (Lipinski definition) is 0. The van der Waals surface area contributed by atoms with Crippen LogP contribution in [0.1, 0.15) is 6.92 Å². The van der Waals surface area contributed by atoms with Gasteiger partial charge < -0.3 is 0 Å². The molecular formula is C14H13OS2+. The summed E-state index contributed by atoms with van der Waals surface area (Å²) in [4.78, 5) is 5.28. The van der Waals surface area contributed by atoms with Gasteiger partial charge in [-0.3, -0.25) is 0 Å². The molecule has 0 spiro atoms. The maximum atomic E-state index is 5.95. The van der Waals surface area contributed by atoms with Crippen molar-refractivity contribution in [3.05, 3.63) is 48.5 Å². The first-order valence-electron chi connectivity index (χ1n) is 5.63. The van der Waals surface area contributed by atoms with E-state index in [1.807, 2.05) is 11.8 Å². The Hall–Kier alpha value is -0.900. The minimum Gasteiger partial charge on any atom is -0.162 e. The Kier molecular flexibility index (Phi) is 3.14. The maximum Gasteiger partial charge on any atom is 0.225 e. The highest BCUT2D eigenvalue weighted by Gasteiger charge is 2.37. The molecule has 0 atom stereocenters. The van der Waals surface area contributed by atoms with Gasteiger partial charge in [0, 0.05) is 0 Å². The van der Waals surface area contributed by atoms with Gasteiger partial charge in [0.25, 0.3) is 0 Å². The van der Waals surface area contributed by atoms with E-state index in [0.717, 1.165) is 6.61 Å². The van der Waals surface area contributed by atoms with Crippen molar-refractivity contribution >= 4 is 22.9 Å². The van der Waals surface area contributed by atoms with Gasteiger partial charge in [-0.15, -0.1) is 0 Å². The van der Waals surface area contributed by atoms with E-state index in [4.69, 9.17) is 4.18 Å². The van der Waals surface area contributed by atoms with Crippen LogP contribution in [-0.2, 0) is 15.4 Å². The minimum absolute atomic E-state index is 0.215. The number of fused-ring (bicyclic) bond motifs is 2. The van der Waals surface area contributed by atoms with E-state index in [2.05, 4.69) is 55.5 Å². The Balaban J connectivity index is 2.13. The summed E-state index contributed by atoms with van der Waals surface area (Å²) in [5.74, 6) is 0. The van der Waals surface area contributed by atoms with Gasteiger partial charge in [0.15, 0.2) is 0 Å². The number of hydrogen-bond acceptors (Lipinski definition) is 2. The summed E-state index contributed by atoms with van der Waals surface area (Å²) >= 11 is 1.62. The highest BCUT2D eigenvalue weighted by atomic mass is 32.2. The van der Waals surface area contributed by atoms with E-state index in [1.54, 1.807) is 0 Å². The molecule has 0 unspecified atom stereocenters. The summed E-state index contributed by atoms with van der Waals surface area (Å²) in [7, 11) is 0. The fourth-order valence-electron chi connectivity index (χ4n) is 1.86. The first-order valence-corrected chi connectivity index (χ1v) is 7.60. The van der Waals surface area contributed by atoms with Crippen LogP contribution >= 0.6 is 11.8 Å². The van der Waals surface area contributed by atoms with Crippen molar-refractivity contribution in [1.29, 1.82) is 0 Å². The summed E-state index contributed by atoms with van der Waals surface area (Å²) < 4.78 is 5.95. The van der Waals surface area contributed by atoms with Gasteiger partial charge >= 0.3 is 0 Å². The summed E-state index contributed by atoms with van der Waals surface area (Å²) in [5.41, 5.74) is 0. The molecule has 0 radical (unpaired) electrons. The van der Waals surface area contributed by atoms with E-state index in [1.165, 1.54) is 19.6 Å². The molecule has 0 amide bonds. The van der Waals surface area contributed by atoms with Crippen molar-refractivity contribution in [1.82, 2.24) is 0 Å². The van der Waals surface area contributed by atoms with Crippen molar-refractivity contribution in [2.45, 2.75) is 26.5 Å². The predicted molar refractivity (Wildman–Crippen MR) is 72.5 cm³/mol. The zero-order valence-corrected chi connectivity index (χ0v) is 11.2. The van der Waals surface area contributed by atoms with E-state index in [9.17, 15) is 0 Å². The average Bonchev–Trinajstić information content (AvgIpc) is 2.39. The Bertz CT molecular complexity index is 494. The highest BCUT2D eigenvalue weighted by molar-refractivity contribution is 8.02. The summed E-state index contributed by atoms with van der Waals surface area (Å²) in [5, 5.41) is 0. The molecule has 0 saturated carbocycles. The molecule has 17 heavy (non-hydrogen) atoms. The van der Waals surface area contributed by atoms with Crippen LogP contribution in [0.5, 0.6) is 0 Å². The molecular weight excluding hydrogens is 248 g/mol. The van der Waals surface area contributed by atoms with Gasteiger partial charge in [-0.25, -0.2) is 0 Å². The lowest BCUT2D eigenvalue weighted by molar-refractivity contribution is 0.385. The van der Waals surface area contributed by atoms with Gasteiger partial charge in [0.1, 0.15) is 6.61 Å². The lowest BCUT2D eigenvalue weighted by atomic mass is 10.3. The molecule has 86 valence electrons. The molecule has 0 aliphatic carbocycles. The fraction of sp³-hybridized carbons (Fsp3) is 0.143. The molecule has 1 aliphatic heterocycles. The van der Waals surface area contributed by atoms with Crippen molar-refractivity contribution < 1.29 is 4.18 Å². The first-order chi connectivity index (χ1) is 8.40. The van der Waals surface area contributed by atoms with E-state index in [-0.39, 0.29) is 11.2 Å².